The first-order valence-electron chi connectivity index (χ1n) is 16.6. The second-order valence-electron chi connectivity index (χ2n) is 12.9. The highest BCUT2D eigenvalue weighted by Gasteiger charge is 2.52. The molecule has 1 aliphatic heterocycles. The molecule has 44 heavy (non-hydrogen) atoms. The number of nitrogens with zero attached hydrogens (tertiary/aromatic N) is 1. The number of aliphatic hydroxyl groups is 2. The second-order valence-corrected chi connectivity index (χ2v) is 12.9. The van der Waals surface area contributed by atoms with E-state index in [2.05, 4.69) is 104 Å². The van der Waals surface area contributed by atoms with Crippen molar-refractivity contribution in [1.29, 1.82) is 0 Å². The van der Waals surface area contributed by atoms with Crippen molar-refractivity contribution in [2.45, 2.75) is 76.7 Å². The fourth-order valence-corrected chi connectivity index (χ4v) is 8.86. The molecule has 0 fully saturated rings. The lowest BCUT2D eigenvalue weighted by Crippen LogP contribution is -2.34. The van der Waals surface area contributed by atoms with Crippen LogP contribution in [0.15, 0.2) is 119 Å². The van der Waals surface area contributed by atoms with Gasteiger partial charge in [0.2, 0.25) is 0 Å². The lowest BCUT2D eigenvalue weighted by molar-refractivity contribution is 0.237. The number of hydrogen-bond acceptors (Lipinski definition) is 4. The van der Waals surface area contributed by atoms with E-state index < -0.39 is 0 Å². The number of dihydropyridines is 1. The first kappa shape index (κ1) is 29.0. The summed E-state index contributed by atoms with van der Waals surface area (Å²) >= 11 is 0. The van der Waals surface area contributed by atoms with Gasteiger partial charge in [0.15, 0.2) is 0 Å². The van der Waals surface area contributed by atoms with E-state index in [0.717, 1.165) is 68.0 Å². The van der Waals surface area contributed by atoms with Gasteiger partial charge < -0.3 is 15.5 Å². The number of benzene rings is 1. The van der Waals surface area contributed by atoms with Crippen molar-refractivity contribution < 1.29 is 10.2 Å². The van der Waals surface area contributed by atoms with E-state index in [1.165, 1.54) is 44.7 Å². The highest BCUT2D eigenvalue weighted by molar-refractivity contribution is 5.93. The van der Waals surface area contributed by atoms with Crippen LogP contribution in [0.25, 0.3) is 16.5 Å². The van der Waals surface area contributed by atoms with E-state index in [-0.39, 0.29) is 30.1 Å². The van der Waals surface area contributed by atoms with Gasteiger partial charge in [0.05, 0.1) is 17.3 Å². The van der Waals surface area contributed by atoms with Crippen LogP contribution in [0.1, 0.15) is 76.5 Å². The minimum Gasteiger partial charge on any atom is -0.396 e. The highest BCUT2D eigenvalue weighted by atomic mass is 16.3. The van der Waals surface area contributed by atoms with Crippen LogP contribution < -0.4 is 5.32 Å². The second kappa shape index (κ2) is 11.6. The van der Waals surface area contributed by atoms with Crippen LogP contribution in [0.3, 0.4) is 0 Å². The average Bonchev–Trinajstić information content (AvgIpc) is 3.49. The minimum absolute atomic E-state index is 0.167. The third-order valence-electron chi connectivity index (χ3n) is 10.8. The molecule has 3 atom stereocenters. The van der Waals surface area contributed by atoms with Crippen molar-refractivity contribution in [2.75, 3.05) is 13.2 Å². The Morgan fingerprint density at radius 1 is 0.932 bits per heavy atom. The average molecular weight is 585 g/mol. The summed E-state index contributed by atoms with van der Waals surface area (Å²) in [6.45, 7) is 4.65. The Labute approximate surface area is 261 Å². The van der Waals surface area contributed by atoms with Crippen LogP contribution in [0.5, 0.6) is 0 Å². The fraction of sp³-hybridized carbons (Fsp3) is 0.375. The number of aromatic nitrogens is 1. The van der Waals surface area contributed by atoms with E-state index in [1.54, 1.807) is 0 Å². The van der Waals surface area contributed by atoms with Gasteiger partial charge in [-0.15, -0.1) is 0 Å². The lowest BCUT2D eigenvalue weighted by atomic mass is 9.63. The van der Waals surface area contributed by atoms with Gasteiger partial charge in [-0.3, -0.25) is 0 Å². The van der Waals surface area contributed by atoms with E-state index >= 15 is 0 Å². The number of nitrogens with one attached hydrogen (secondary N) is 1. The van der Waals surface area contributed by atoms with E-state index in [1.807, 2.05) is 0 Å². The predicted octanol–water partition coefficient (Wildman–Crippen LogP) is 8.09. The number of rotatable bonds is 9. The number of aliphatic hydroxyl groups excluding tert-OH is 2. The van der Waals surface area contributed by atoms with Crippen molar-refractivity contribution in [3.05, 3.63) is 130 Å². The number of fused-ring (bicyclic) bond motifs is 5. The fourth-order valence-electron chi connectivity index (χ4n) is 8.86. The van der Waals surface area contributed by atoms with Crippen LogP contribution >= 0.6 is 0 Å². The van der Waals surface area contributed by atoms with Crippen LogP contribution in [-0.4, -0.2) is 34.5 Å². The SMILES string of the molecule is C/C=C1\C(=C/C)c2nc3ccccc3cc2[C@@]1(CCCO)CCC1(CCCO)C2=CCCC=C2C2=C1C=C1C=CC=CC1N2. The lowest BCUT2D eigenvalue weighted by Gasteiger charge is -2.40. The standard InChI is InChI=1S/C40H44N2O2/c1-3-29-31(4-2)39(19-11-23-43,33-25-27-13-5-9-17-35(27)41-37(29)33)21-22-40(20-12-24-44)32-16-8-7-15-30(32)38-34(40)26-28-14-6-10-18-36(28)42-38/h3-6,9-10,13-18,25-26,36,42-44H,7-8,11-12,19-24H2,1-2H3/b29-3+,31-4+/t36?,39-,40?/m0/s1. The molecule has 0 radical (unpaired) electrons. The highest BCUT2D eigenvalue weighted by Crippen LogP contribution is 2.62. The first-order chi connectivity index (χ1) is 21.6. The number of hydrogen-bond donors (Lipinski definition) is 3. The molecule has 1 aromatic carbocycles. The van der Waals surface area contributed by atoms with E-state index in [9.17, 15) is 10.2 Å². The minimum atomic E-state index is -0.258. The summed E-state index contributed by atoms with van der Waals surface area (Å²) < 4.78 is 0. The Morgan fingerprint density at radius 2 is 1.70 bits per heavy atom. The molecular weight excluding hydrogens is 540 g/mol. The van der Waals surface area contributed by atoms with Crippen molar-refractivity contribution in [3.8, 4) is 0 Å². The molecule has 2 aromatic rings. The molecule has 0 spiro atoms. The predicted molar refractivity (Wildman–Crippen MR) is 181 cm³/mol. The number of para-hydroxylation sites is 1. The molecule has 2 unspecified atom stereocenters. The maximum atomic E-state index is 10.2. The largest absolute Gasteiger partial charge is 0.396 e. The molecule has 4 heteroatoms. The molecule has 0 saturated heterocycles. The Morgan fingerprint density at radius 3 is 2.50 bits per heavy atom. The topological polar surface area (TPSA) is 65.4 Å². The molecule has 3 N–H and O–H groups in total. The van der Waals surface area contributed by atoms with Crippen molar-refractivity contribution in [2.24, 2.45) is 5.41 Å². The van der Waals surface area contributed by atoms with Crippen LogP contribution in [0.4, 0.5) is 0 Å². The Balaban J connectivity index is 1.39. The van der Waals surface area contributed by atoms with Gasteiger partial charge in [0.25, 0.3) is 0 Å². The molecular formula is C40H44N2O2. The third kappa shape index (κ3) is 4.37. The zero-order valence-electron chi connectivity index (χ0n) is 26.1. The summed E-state index contributed by atoms with van der Waals surface area (Å²) in [6, 6.07) is 11.0. The van der Waals surface area contributed by atoms with Gasteiger partial charge in [-0.2, -0.15) is 0 Å². The molecule has 4 aliphatic carbocycles. The molecule has 5 aliphatic rings. The summed E-state index contributed by atoms with van der Waals surface area (Å²) in [5.74, 6) is 0. The van der Waals surface area contributed by atoms with Crippen LogP contribution in [0.2, 0.25) is 0 Å². The Bertz CT molecular complexity index is 1750. The maximum Gasteiger partial charge on any atom is 0.0750 e. The molecule has 4 nitrogen and oxygen atoms in total. The van der Waals surface area contributed by atoms with E-state index in [0.29, 0.717) is 0 Å². The van der Waals surface area contributed by atoms with Gasteiger partial charge in [0, 0.05) is 35.1 Å². The summed E-state index contributed by atoms with van der Waals surface area (Å²) in [7, 11) is 0. The molecule has 0 amide bonds. The molecule has 0 bridgehead atoms. The van der Waals surface area contributed by atoms with Crippen LogP contribution in [-0.2, 0) is 5.41 Å². The summed E-state index contributed by atoms with van der Waals surface area (Å²) in [6.07, 6.45) is 28.0. The molecule has 0 saturated carbocycles. The maximum absolute atomic E-state index is 10.2. The Hall–Kier alpha value is -3.73. The molecule has 1 aromatic heterocycles. The van der Waals surface area contributed by atoms with Gasteiger partial charge in [-0.05, 0) is 116 Å². The van der Waals surface area contributed by atoms with Crippen LogP contribution in [0, 0.1) is 5.41 Å². The zero-order chi connectivity index (χ0) is 30.3. The van der Waals surface area contributed by atoms with Crippen molar-refractivity contribution in [1.82, 2.24) is 10.3 Å². The van der Waals surface area contributed by atoms with Gasteiger partial charge in [0.1, 0.15) is 0 Å². The summed E-state index contributed by atoms with van der Waals surface area (Å²) in [5, 5.41) is 25.5. The van der Waals surface area contributed by atoms with Crippen molar-refractivity contribution in [3.63, 3.8) is 0 Å². The first-order valence-corrected chi connectivity index (χ1v) is 16.6. The number of allylic oxidation sites excluding steroid dienone is 11. The van der Waals surface area contributed by atoms with E-state index in [4.69, 9.17) is 4.98 Å². The van der Waals surface area contributed by atoms with Crippen molar-refractivity contribution >= 4 is 16.5 Å². The monoisotopic (exact) mass is 584 g/mol. The molecule has 7 rings (SSSR count). The van der Waals surface area contributed by atoms with Gasteiger partial charge in [-0.25, -0.2) is 4.98 Å². The molecule has 226 valence electrons. The smallest absolute Gasteiger partial charge is 0.0750 e. The van der Waals surface area contributed by atoms with Gasteiger partial charge in [-0.1, -0.05) is 72.9 Å². The number of pyridine rings is 1. The summed E-state index contributed by atoms with van der Waals surface area (Å²) in [5.41, 5.74) is 12.3. The zero-order valence-corrected chi connectivity index (χ0v) is 26.1. The molecule has 2 heterocycles. The third-order valence-corrected chi connectivity index (χ3v) is 10.8. The quantitative estimate of drug-likeness (QED) is 0.279. The normalized spacial score (nSPS) is 28.5. The van der Waals surface area contributed by atoms with Gasteiger partial charge >= 0.3 is 0 Å². The Kier molecular flexibility index (Phi) is 7.68. The summed E-state index contributed by atoms with van der Waals surface area (Å²) in [4.78, 5) is 5.26.